The molecule has 0 spiro atoms. The number of aromatic nitrogens is 2. The van der Waals surface area contributed by atoms with Crippen LogP contribution in [0.15, 0.2) is 11.0 Å². The SMILES string of the molecule is Cc1cn([C@@H]2C[C@@H](O)[C@H](CO)O2)c(=O)nc1N1CCCCCCC1. The van der Waals surface area contributed by atoms with Crippen molar-refractivity contribution in [2.24, 2.45) is 0 Å². The molecule has 1 aromatic heterocycles. The van der Waals surface area contributed by atoms with Crippen molar-refractivity contribution in [3.8, 4) is 0 Å². The standard InChI is InChI=1S/C17H27N3O4/c1-12-10-20(15-9-13(22)14(11-21)24-15)17(23)18-16(12)19-7-5-3-2-4-6-8-19/h10,13-15,21-22H,2-9,11H2,1H3/t13-,14+,15+/m1/s1. The van der Waals surface area contributed by atoms with Crippen molar-refractivity contribution in [2.45, 2.75) is 63.9 Å². The molecule has 2 aliphatic rings. The Labute approximate surface area is 141 Å². The number of aliphatic hydroxyl groups excluding tert-OH is 2. The second kappa shape index (κ2) is 7.63. The fraction of sp³-hybridized carbons (Fsp3) is 0.765. The second-order valence-electron chi connectivity index (χ2n) is 6.81. The summed E-state index contributed by atoms with van der Waals surface area (Å²) in [6.07, 6.45) is 6.06. The summed E-state index contributed by atoms with van der Waals surface area (Å²) >= 11 is 0. The molecule has 2 fully saturated rings. The highest BCUT2D eigenvalue weighted by atomic mass is 16.5. The molecule has 0 unspecified atom stereocenters. The number of hydrogen-bond acceptors (Lipinski definition) is 6. The van der Waals surface area contributed by atoms with Gasteiger partial charge in [-0.2, -0.15) is 4.98 Å². The monoisotopic (exact) mass is 337 g/mol. The molecule has 1 aromatic rings. The molecular formula is C17H27N3O4. The van der Waals surface area contributed by atoms with Crippen LogP contribution in [0.4, 0.5) is 5.82 Å². The largest absolute Gasteiger partial charge is 0.394 e. The second-order valence-corrected chi connectivity index (χ2v) is 6.81. The van der Waals surface area contributed by atoms with Crippen molar-refractivity contribution in [2.75, 3.05) is 24.6 Å². The van der Waals surface area contributed by atoms with Gasteiger partial charge in [-0.1, -0.05) is 19.3 Å². The van der Waals surface area contributed by atoms with Gasteiger partial charge < -0.3 is 19.8 Å². The van der Waals surface area contributed by atoms with E-state index in [0.29, 0.717) is 0 Å². The molecule has 0 aromatic carbocycles. The van der Waals surface area contributed by atoms with Gasteiger partial charge in [-0.25, -0.2) is 4.79 Å². The Kier molecular flexibility index (Phi) is 5.53. The lowest BCUT2D eigenvalue weighted by molar-refractivity contribution is -0.0459. The van der Waals surface area contributed by atoms with Crippen LogP contribution < -0.4 is 10.6 Å². The summed E-state index contributed by atoms with van der Waals surface area (Å²) in [6.45, 7) is 3.56. The van der Waals surface area contributed by atoms with Crippen molar-refractivity contribution >= 4 is 5.82 Å². The number of aryl methyl sites for hydroxylation is 1. The van der Waals surface area contributed by atoms with Gasteiger partial charge in [0.2, 0.25) is 0 Å². The van der Waals surface area contributed by atoms with Crippen LogP contribution in [0, 0.1) is 6.92 Å². The number of nitrogens with zero attached hydrogens (tertiary/aromatic N) is 3. The summed E-state index contributed by atoms with van der Waals surface area (Å²) in [4.78, 5) is 19.0. The Balaban J connectivity index is 1.82. The van der Waals surface area contributed by atoms with Crippen LogP contribution in [-0.2, 0) is 4.74 Å². The highest BCUT2D eigenvalue weighted by Crippen LogP contribution is 2.28. The summed E-state index contributed by atoms with van der Waals surface area (Å²) in [6, 6.07) is 0. The lowest BCUT2D eigenvalue weighted by atomic mass is 10.1. The Morgan fingerprint density at radius 3 is 2.54 bits per heavy atom. The maximum absolute atomic E-state index is 12.5. The molecule has 0 amide bonds. The molecular weight excluding hydrogens is 310 g/mol. The summed E-state index contributed by atoms with van der Waals surface area (Å²) < 4.78 is 7.01. The summed E-state index contributed by atoms with van der Waals surface area (Å²) in [5, 5.41) is 19.1. The number of hydrogen-bond donors (Lipinski definition) is 2. The van der Waals surface area contributed by atoms with Crippen molar-refractivity contribution in [1.29, 1.82) is 0 Å². The lowest BCUT2D eigenvalue weighted by Crippen LogP contribution is -2.34. The molecule has 2 aliphatic heterocycles. The molecule has 3 rings (SSSR count). The van der Waals surface area contributed by atoms with Crippen LogP contribution in [0.3, 0.4) is 0 Å². The Bertz CT molecular complexity index is 610. The third kappa shape index (κ3) is 3.63. The highest BCUT2D eigenvalue weighted by molar-refractivity contribution is 5.44. The molecule has 24 heavy (non-hydrogen) atoms. The molecule has 134 valence electrons. The molecule has 0 saturated carbocycles. The van der Waals surface area contributed by atoms with E-state index in [1.165, 1.54) is 23.8 Å². The number of aliphatic hydroxyl groups is 2. The third-order valence-corrected chi connectivity index (χ3v) is 4.96. The van der Waals surface area contributed by atoms with Crippen LogP contribution in [0.2, 0.25) is 0 Å². The van der Waals surface area contributed by atoms with E-state index in [-0.39, 0.29) is 18.7 Å². The van der Waals surface area contributed by atoms with Gasteiger partial charge in [0, 0.05) is 31.3 Å². The molecule has 0 radical (unpaired) electrons. The van der Waals surface area contributed by atoms with E-state index in [9.17, 15) is 15.0 Å². The number of rotatable bonds is 3. The molecule has 7 nitrogen and oxygen atoms in total. The maximum Gasteiger partial charge on any atom is 0.351 e. The number of ether oxygens (including phenoxy) is 1. The van der Waals surface area contributed by atoms with Crippen molar-refractivity contribution < 1.29 is 14.9 Å². The van der Waals surface area contributed by atoms with Gasteiger partial charge in [-0.05, 0) is 19.8 Å². The molecule has 3 atom stereocenters. The van der Waals surface area contributed by atoms with E-state index in [1.807, 2.05) is 6.92 Å². The first kappa shape index (κ1) is 17.4. The Morgan fingerprint density at radius 1 is 1.25 bits per heavy atom. The van der Waals surface area contributed by atoms with Gasteiger partial charge in [0.25, 0.3) is 0 Å². The molecule has 0 bridgehead atoms. The Morgan fingerprint density at radius 2 is 1.92 bits per heavy atom. The fourth-order valence-electron chi connectivity index (χ4n) is 3.59. The van der Waals surface area contributed by atoms with Gasteiger partial charge in [-0.3, -0.25) is 4.57 Å². The lowest BCUT2D eigenvalue weighted by Gasteiger charge is -2.27. The van der Waals surface area contributed by atoms with E-state index in [4.69, 9.17) is 4.74 Å². The predicted octanol–water partition coefficient (Wildman–Crippen LogP) is 0.963. The minimum Gasteiger partial charge on any atom is -0.394 e. The van der Waals surface area contributed by atoms with Gasteiger partial charge >= 0.3 is 5.69 Å². The van der Waals surface area contributed by atoms with Crippen LogP contribution in [0.5, 0.6) is 0 Å². The third-order valence-electron chi connectivity index (χ3n) is 4.96. The minimum atomic E-state index is -0.763. The van der Waals surface area contributed by atoms with E-state index < -0.39 is 18.4 Å². The zero-order chi connectivity index (χ0) is 17.1. The van der Waals surface area contributed by atoms with Gasteiger partial charge in [-0.15, -0.1) is 0 Å². The van der Waals surface area contributed by atoms with Gasteiger partial charge in [0.15, 0.2) is 0 Å². The van der Waals surface area contributed by atoms with E-state index in [2.05, 4.69) is 9.88 Å². The van der Waals surface area contributed by atoms with Gasteiger partial charge in [0.1, 0.15) is 18.1 Å². The fourth-order valence-corrected chi connectivity index (χ4v) is 3.59. The summed E-state index contributed by atoms with van der Waals surface area (Å²) in [5.41, 5.74) is 0.564. The highest BCUT2D eigenvalue weighted by Gasteiger charge is 2.35. The first-order chi connectivity index (χ1) is 11.6. The van der Waals surface area contributed by atoms with Crippen LogP contribution >= 0.6 is 0 Å². The molecule has 2 N–H and O–H groups in total. The van der Waals surface area contributed by atoms with Crippen molar-refractivity contribution in [3.05, 3.63) is 22.2 Å². The average Bonchev–Trinajstić information content (AvgIpc) is 2.90. The molecule has 3 heterocycles. The number of anilines is 1. The van der Waals surface area contributed by atoms with Crippen molar-refractivity contribution in [1.82, 2.24) is 9.55 Å². The normalized spacial score (nSPS) is 28.6. The van der Waals surface area contributed by atoms with E-state index in [0.717, 1.165) is 37.3 Å². The quantitative estimate of drug-likeness (QED) is 0.854. The van der Waals surface area contributed by atoms with Gasteiger partial charge in [0.05, 0.1) is 12.7 Å². The predicted molar refractivity (Wildman–Crippen MR) is 90.2 cm³/mol. The van der Waals surface area contributed by atoms with E-state index in [1.54, 1.807) is 6.20 Å². The smallest absolute Gasteiger partial charge is 0.351 e. The summed E-state index contributed by atoms with van der Waals surface area (Å²) in [7, 11) is 0. The Hall–Kier alpha value is -1.44. The molecule has 7 heteroatoms. The summed E-state index contributed by atoms with van der Waals surface area (Å²) in [5.74, 6) is 0.760. The molecule has 0 aliphatic carbocycles. The maximum atomic E-state index is 12.5. The zero-order valence-electron chi connectivity index (χ0n) is 14.2. The van der Waals surface area contributed by atoms with Crippen molar-refractivity contribution in [3.63, 3.8) is 0 Å². The van der Waals surface area contributed by atoms with E-state index >= 15 is 0 Å². The first-order valence-corrected chi connectivity index (χ1v) is 8.89. The van der Waals surface area contributed by atoms with Crippen LogP contribution in [-0.4, -0.2) is 51.7 Å². The van der Waals surface area contributed by atoms with Crippen LogP contribution in [0.1, 0.15) is 50.3 Å². The topological polar surface area (TPSA) is 87.8 Å². The zero-order valence-corrected chi connectivity index (χ0v) is 14.2. The average molecular weight is 337 g/mol. The minimum absolute atomic E-state index is 0.259. The van der Waals surface area contributed by atoms with Crippen LogP contribution in [0.25, 0.3) is 0 Å². The molecule has 2 saturated heterocycles. The first-order valence-electron chi connectivity index (χ1n) is 8.89.